The van der Waals surface area contributed by atoms with Crippen molar-refractivity contribution in [1.29, 1.82) is 0 Å². The van der Waals surface area contributed by atoms with Gasteiger partial charge >= 0.3 is 0 Å². The molecule has 1 saturated carbocycles. The lowest BCUT2D eigenvalue weighted by molar-refractivity contribution is 0.251. The maximum atomic E-state index is 4.47. The summed E-state index contributed by atoms with van der Waals surface area (Å²) in [4.78, 5) is 0. The molecule has 0 N–H and O–H groups in total. The summed E-state index contributed by atoms with van der Waals surface area (Å²) in [5.74, 6) is 1.48. The number of rotatable bonds is 6. The molecule has 0 radical (unpaired) electrons. The molecule has 41 heavy (non-hydrogen) atoms. The lowest BCUT2D eigenvalue weighted by Crippen LogP contribution is -2.40. The topological polar surface area (TPSA) is 0 Å². The summed E-state index contributed by atoms with van der Waals surface area (Å²) < 4.78 is 0. The van der Waals surface area contributed by atoms with E-state index in [-0.39, 0.29) is 5.41 Å². The van der Waals surface area contributed by atoms with Crippen LogP contribution in [0.5, 0.6) is 0 Å². The van der Waals surface area contributed by atoms with E-state index in [1.54, 1.807) is 5.56 Å². The number of benzene rings is 4. The van der Waals surface area contributed by atoms with E-state index >= 15 is 0 Å². The summed E-state index contributed by atoms with van der Waals surface area (Å²) >= 11 is 0. The third kappa shape index (κ3) is 4.74. The third-order valence-corrected chi connectivity index (χ3v) is 9.92. The van der Waals surface area contributed by atoms with Gasteiger partial charge in [0, 0.05) is 11.3 Å². The van der Waals surface area contributed by atoms with Gasteiger partial charge in [0.25, 0.3) is 0 Å². The van der Waals surface area contributed by atoms with Gasteiger partial charge in [-0.3, -0.25) is 0 Å². The molecule has 206 valence electrons. The Bertz CT molecular complexity index is 1480. The molecule has 0 saturated heterocycles. The van der Waals surface area contributed by atoms with Crippen molar-refractivity contribution in [3.63, 3.8) is 0 Å². The van der Waals surface area contributed by atoms with Crippen molar-refractivity contribution in [3.8, 4) is 0 Å². The van der Waals surface area contributed by atoms with Crippen molar-refractivity contribution in [3.05, 3.63) is 172 Å². The summed E-state index contributed by atoms with van der Waals surface area (Å²) in [5.41, 5.74) is 13.2. The minimum atomic E-state index is -0.171. The van der Waals surface area contributed by atoms with Gasteiger partial charge in [0.05, 0.1) is 0 Å². The second-order valence-electron chi connectivity index (χ2n) is 12.4. The Morgan fingerprint density at radius 2 is 1.20 bits per heavy atom. The van der Waals surface area contributed by atoms with Gasteiger partial charge in [0.2, 0.25) is 0 Å². The van der Waals surface area contributed by atoms with Crippen LogP contribution in [0.1, 0.15) is 90.3 Å². The van der Waals surface area contributed by atoms with E-state index < -0.39 is 0 Å². The lowest BCUT2D eigenvalue weighted by Gasteiger charge is -2.46. The van der Waals surface area contributed by atoms with Crippen molar-refractivity contribution in [2.45, 2.75) is 63.7 Å². The average molecular weight is 535 g/mol. The Kier molecular flexibility index (Phi) is 7.43. The zero-order valence-electron chi connectivity index (χ0n) is 24.9. The first-order valence-electron chi connectivity index (χ1n) is 15.3. The molecule has 0 heteroatoms. The fraction of sp³-hybridized carbons (Fsp3) is 0.268. The average Bonchev–Trinajstić information content (AvgIpc) is 3.01. The first kappa shape index (κ1) is 27.3. The molecule has 0 nitrogen and oxygen atoms in total. The highest BCUT2D eigenvalue weighted by atomic mass is 14.5. The highest BCUT2D eigenvalue weighted by molar-refractivity contribution is 5.86. The standard InChI is InChI=1S/C41H42/c1-28(2)37-25-30(4)39-27-38(29(3)26-40(39)31(37)5)32-21-23-36(24-22-32)41(33-15-9-6-10-16-33,34-17-11-7-12-18-34)35-19-13-8-14-20-35/h6-20,25-27,30,32,36H,1,5,21-24H2,2-4H3. The number of hydrogen-bond acceptors (Lipinski definition) is 0. The summed E-state index contributed by atoms with van der Waals surface area (Å²) in [5, 5.41) is 0. The van der Waals surface area contributed by atoms with Gasteiger partial charge in [-0.25, -0.2) is 0 Å². The van der Waals surface area contributed by atoms with Crippen LogP contribution in [0.15, 0.2) is 134 Å². The summed E-state index contributed by atoms with van der Waals surface area (Å²) in [6.45, 7) is 15.4. The molecule has 0 aliphatic heterocycles. The van der Waals surface area contributed by atoms with Gasteiger partial charge < -0.3 is 0 Å². The van der Waals surface area contributed by atoms with E-state index in [1.165, 1.54) is 64.6 Å². The summed E-state index contributed by atoms with van der Waals surface area (Å²) in [6, 6.07) is 38.7. The van der Waals surface area contributed by atoms with Gasteiger partial charge in [0.15, 0.2) is 0 Å². The van der Waals surface area contributed by atoms with E-state index in [2.05, 4.69) is 143 Å². The highest BCUT2D eigenvalue weighted by Crippen LogP contribution is 2.53. The smallest absolute Gasteiger partial charge is 0.0479 e. The fourth-order valence-electron chi connectivity index (χ4n) is 7.95. The minimum absolute atomic E-state index is 0.171. The second-order valence-corrected chi connectivity index (χ2v) is 12.4. The van der Waals surface area contributed by atoms with Crippen molar-refractivity contribution in [2.75, 3.05) is 0 Å². The third-order valence-electron chi connectivity index (χ3n) is 9.92. The van der Waals surface area contributed by atoms with Crippen molar-refractivity contribution < 1.29 is 0 Å². The van der Waals surface area contributed by atoms with Crippen LogP contribution in [0.2, 0.25) is 0 Å². The Labute approximate surface area is 247 Å². The number of fused-ring (bicyclic) bond motifs is 1. The number of aryl methyl sites for hydroxylation is 1. The van der Waals surface area contributed by atoms with Gasteiger partial charge in [-0.05, 0) is 101 Å². The molecule has 0 spiro atoms. The zero-order chi connectivity index (χ0) is 28.6. The van der Waals surface area contributed by atoms with E-state index in [9.17, 15) is 0 Å². The van der Waals surface area contributed by atoms with E-state index in [0.717, 1.165) is 11.1 Å². The molecular formula is C41H42. The van der Waals surface area contributed by atoms with E-state index in [4.69, 9.17) is 0 Å². The molecule has 1 atom stereocenters. The van der Waals surface area contributed by atoms with Crippen LogP contribution in [0.4, 0.5) is 0 Å². The quantitative estimate of drug-likeness (QED) is 0.216. The SMILES string of the molecule is C=C(C)C1=CC(C)c2cc(C3CCC(C(c4ccccc4)(c4ccccc4)c4ccccc4)CC3)c(C)cc2C1=C. The number of hydrogen-bond donors (Lipinski definition) is 0. The molecular weight excluding hydrogens is 492 g/mol. The highest BCUT2D eigenvalue weighted by Gasteiger charge is 2.45. The molecule has 0 heterocycles. The monoisotopic (exact) mass is 534 g/mol. The maximum Gasteiger partial charge on any atom is 0.0479 e. The van der Waals surface area contributed by atoms with Crippen LogP contribution in [0.25, 0.3) is 5.57 Å². The molecule has 2 aliphatic carbocycles. The van der Waals surface area contributed by atoms with E-state index in [0.29, 0.717) is 17.8 Å². The van der Waals surface area contributed by atoms with Crippen molar-refractivity contribution in [2.24, 2.45) is 5.92 Å². The Morgan fingerprint density at radius 3 is 1.66 bits per heavy atom. The van der Waals surface area contributed by atoms with Crippen LogP contribution in [0.3, 0.4) is 0 Å². The Balaban J connectivity index is 1.37. The van der Waals surface area contributed by atoms with Gasteiger partial charge in [-0.1, -0.05) is 135 Å². The molecule has 6 rings (SSSR count). The molecule has 1 unspecified atom stereocenters. The van der Waals surface area contributed by atoms with Crippen LogP contribution in [-0.4, -0.2) is 0 Å². The molecule has 4 aromatic carbocycles. The van der Waals surface area contributed by atoms with Crippen LogP contribution < -0.4 is 0 Å². The van der Waals surface area contributed by atoms with Gasteiger partial charge in [-0.2, -0.15) is 0 Å². The lowest BCUT2D eigenvalue weighted by atomic mass is 9.57. The van der Waals surface area contributed by atoms with Crippen LogP contribution >= 0.6 is 0 Å². The number of allylic oxidation sites excluding steroid dienone is 4. The second kappa shape index (κ2) is 11.2. The molecule has 4 aromatic rings. The largest absolute Gasteiger partial charge is 0.0955 e. The molecule has 0 amide bonds. The Hall–Kier alpha value is -3.90. The summed E-state index contributed by atoms with van der Waals surface area (Å²) in [7, 11) is 0. The zero-order valence-corrected chi connectivity index (χ0v) is 24.9. The molecule has 1 fully saturated rings. The first-order valence-corrected chi connectivity index (χ1v) is 15.3. The van der Waals surface area contributed by atoms with Crippen molar-refractivity contribution in [1.82, 2.24) is 0 Å². The minimum Gasteiger partial charge on any atom is -0.0955 e. The van der Waals surface area contributed by atoms with Gasteiger partial charge in [-0.15, -0.1) is 0 Å². The van der Waals surface area contributed by atoms with E-state index in [1.807, 2.05) is 0 Å². The first-order chi connectivity index (χ1) is 19.9. The normalized spacial score (nSPS) is 20.7. The maximum absolute atomic E-state index is 4.47. The molecule has 0 aromatic heterocycles. The van der Waals surface area contributed by atoms with Crippen LogP contribution in [-0.2, 0) is 5.41 Å². The molecule has 0 bridgehead atoms. The van der Waals surface area contributed by atoms with Gasteiger partial charge in [0.1, 0.15) is 0 Å². The predicted octanol–water partition coefficient (Wildman–Crippen LogP) is 10.9. The van der Waals surface area contributed by atoms with Crippen molar-refractivity contribution >= 4 is 5.57 Å². The molecule has 2 aliphatic rings. The fourth-order valence-corrected chi connectivity index (χ4v) is 7.95. The van der Waals surface area contributed by atoms with Crippen LogP contribution in [0, 0.1) is 12.8 Å². The Morgan fingerprint density at radius 1 is 0.707 bits per heavy atom. The predicted molar refractivity (Wildman–Crippen MR) is 175 cm³/mol. The summed E-state index contributed by atoms with van der Waals surface area (Å²) in [6.07, 6.45) is 7.17.